The van der Waals surface area contributed by atoms with Crippen molar-refractivity contribution in [3.8, 4) is 11.5 Å². The molecular weight excluding hydrogens is 446 g/mol. The summed E-state index contributed by atoms with van der Waals surface area (Å²) >= 11 is 6.68. The summed E-state index contributed by atoms with van der Waals surface area (Å²) in [5.74, 6) is 0.132. The van der Waals surface area contributed by atoms with Gasteiger partial charge in [0.25, 0.3) is 5.91 Å². The Morgan fingerprint density at radius 3 is 2.81 bits per heavy atom. The summed E-state index contributed by atoms with van der Waals surface area (Å²) in [7, 11) is 1.51. The van der Waals surface area contributed by atoms with Gasteiger partial charge in [0, 0.05) is 6.61 Å². The van der Waals surface area contributed by atoms with Gasteiger partial charge < -0.3 is 14.2 Å². The molecule has 4 rings (SSSR count). The van der Waals surface area contributed by atoms with Crippen molar-refractivity contribution >= 4 is 46.3 Å². The Labute approximate surface area is 196 Å². The second-order valence-electron chi connectivity index (χ2n) is 7.54. The molecule has 6 nitrogen and oxygen atoms in total. The largest absolute Gasteiger partial charge is 0.493 e. The van der Waals surface area contributed by atoms with Crippen LogP contribution in [-0.4, -0.2) is 47.5 Å². The van der Waals surface area contributed by atoms with E-state index in [9.17, 15) is 9.59 Å². The maximum Gasteiger partial charge on any atom is 0.343 e. The van der Waals surface area contributed by atoms with Crippen molar-refractivity contribution < 1.29 is 23.8 Å². The first kappa shape index (κ1) is 22.5. The lowest BCUT2D eigenvalue weighted by Crippen LogP contribution is -2.35. The second-order valence-corrected chi connectivity index (χ2v) is 9.22. The summed E-state index contributed by atoms with van der Waals surface area (Å²) in [6.07, 6.45) is 3.76. The number of ether oxygens (including phenoxy) is 3. The van der Waals surface area contributed by atoms with Crippen molar-refractivity contribution in [2.45, 2.75) is 25.9 Å². The van der Waals surface area contributed by atoms with E-state index in [0.29, 0.717) is 32.8 Å². The summed E-state index contributed by atoms with van der Waals surface area (Å²) in [4.78, 5) is 27.6. The van der Waals surface area contributed by atoms with Crippen molar-refractivity contribution in [1.82, 2.24) is 4.90 Å². The standard InChI is InChI=1S/C24H23NO5S2/c1-15-6-3-4-8-18(15)23(27)30-19-10-9-16(12-20(19)28-2)13-21-22(26)25(24(31)32-21)14-17-7-5-11-29-17/h3-4,6,8-10,12-13,17H,5,7,11,14H2,1-2H3/b21-13+/t17-/m0/s1. The number of amides is 1. The molecule has 2 aromatic rings. The fraction of sp³-hybridized carbons (Fsp3) is 0.292. The van der Waals surface area contributed by atoms with Gasteiger partial charge in [-0.15, -0.1) is 0 Å². The number of thioether (sulfide) groups is 1. The summed E-state index contributed by atoms with van der Waals surface area (Å²) in [5.41, 5.74) is 2.07. The van der Waals surface area contributed by atoms with Crippen LogP contribution in [-0.2, 0) is 9.53 Å². The molecule has 2 aliphatic rings. The molecule has 0 unspecified atom stereocenters. The van der Waals surface area contributed by atoms with E-state index < -0.39 is 5.97 Å². The zero-order valence-electron chi connectivity index (χ0n) is 17.8. The zero-order chi connectivity index (χ0) is 22.7. The van der Waals surface area contributed by atoms with Crippen molar-refractivity contribution in [1.29, 1.82) is 0 Å². The molecule has 32 heavy (non-hydrogen) atoms. The number of thiocarbonyl (C=S) groups is 1. The van der Waals surface area contributed by atoms with Crippen molar-refractivity contribution in [2.24, 2.45) is 0 Å². The summed E-state index contributed by atoms with van der Waals surface area (Å²) in [6.45, 7) is 3.07. The van der Waals surface area contributed by atoms with Gasteiger partial charge in [-0.3, -0.25) is 9.69 Å². The Hall–Kier alpha value is -2.68. The Balaban J connectivity index is 1.50. The van der Waals surface area contributed by atoms with Crippen LogP contribution >= 0.6 is 24.0 Å². The van der Waals surface area contributed by atoms with Gasteiger partial charge >= 0.3 is 5.97 Å². The number of methoxy groups -OCH3 is 1. The van der Waals surface area contributed by atoms with E-state index in [1.54, 1.807) is 41.3 Å². The number of hydrogen-bond acceptors (Lipinski definition) is 7. The van der Waals surface area contributed by atoms with Crippen LogP contribution in [0.25, 0.3) is 6.08 Å². The molecule has 0 aliphatic carbocycles. The average Bonchev–Trinajstić information content (AvgIpc) is 3.39. The highest BCUT2D eigenvalue weighted by atomic mass is 32.2. The van der Waals surface area contributed by atoms with Crippen molar-refractivity contribution in [3.05, 3.63) is 64.1 Å². The van der Waals surface area contributed by atoms with Crippen LogP contribution in [0, 0.1) is 6.92 Å². The summed E-state index contributed by atoms with van der Waals surface area (Å²) < 4.78 is 17.2. The van der Waals surface area contributed by atoms with Crippen LogP contribution in [0.2, 0.25) is 0 Å². The number of carbonyl (C=O) groups excluding carboxylic acids is 2. The lowest BCUT2D eigenvalue weighted by Gasteiger charge is -2.18. The molecule has 8 heteroatoms. The predicted octanol–water partition coefficient (Wildman–Crippen LogP) is 4.60. The highest BCUT2D eigenvalue weighted by Crippen LogP contribution is 2.35. The fourth-order valence-corrected chi connectivity index (χ4v) is 4.89. The summed E-state index contributed by atoms with van der Waals surface area (Å²) in [5, 5.41) is 0. The van der Waals surface area contributed by atoms with Gasteiger partial charge in [-0.05, 0) is 55.2 Å². The van der Waals surface area contributed by atoms with Gasteiger partial charge in [-0.2, -0.15) is 0 Å². The quantitative estimate of drug-likeness (QED) is 0.265. The van der Waals surface area contributed by atoms with Gasteiger partial charge in [0.2, 0.25) is 0 Å². The minimum Gasteiger partial charge on any atom is -0.493 e. The SMILES string of the molecule is COc1cc(/C=C2/SC(=S)N(C[C@@H]3CCCO3)C2=O)ccc1OC(=O)c1ccccc1C. The molecule has 2 fully saturated rings. The lowest BCUT2D eigenvalue weighted by atomic mass is 10.1. The molecule has 2 aromatic carbocycles. The van der Waals surface area contributed by atoms with Crippen LogP contribution < -0.4 is 9.47 Å². The lowest BCUT2D eigenvalue weighted by molar-refractivity contribution is -0.123. The molecule has 0 bridgehead atoms. The number of benzene rings is 2. The Morgan fingerprint density at radius 1 is 1.28 bits per heavy atom. The highest BCUT2D eigenvalue weighted by molar-refractivity contribution is 8.26. The number of nitrogens with zero attached hydrogens (tertiary/aromatic N) is 1. The van der Waals surface area contributed by atoms with E-state index in [4.69, 9.17) is 26.4 Å². The molecule has 2 heterocycles. The number of aryl methyl sites for hydroxylation is 1. The number of carbonyl (C=O) groups is 2. The van der Waals surface area contributed by atoms with Crippen LogP contribution in [0.4, 0.5) is 0 Å². The third-order valence-electron chi connectivity index (χ3n) is 5.34. The van der Waals surface area contributed by atoms with Gasteiger partial charge in [0.1, 0.15) is 4.32 Å². The Bertz CT molecular complexity index is 1090. The molecule has 0 spiro atoms. The first-order valence-corrected chi connectivity index (χ1v) is 11.5. The predicted molar refractivity (Wildman–Crippen MR) is 128 cm³/mol. The molecule has 0 N–H and O–H groups in total. The Morgan fingerprint density at radius 2 is 2.09 bits per heavy atom. The van der Waals surface area contributed by atoms with E-state index in [1.165, 1.54) is 18.9 Å². The number of rotatable bonds is 6. The molecule has 1 atom stereocenters. The molecule has 1 amide bonds. The maximum atomic E-state index is 12.9. The topological polar surface area (TPSA) is 65.1 Å². The van der Waals surface area contributed by atoms with E-state index in [-0.39, 0.29) is 12.0 Å². The fourth-order valence-electron chi connectivity index (χ4n) is 3.62. The maximum absolute atomic E-state index is 12.9. The number of esters is 1. The van der Waals surface area contributed by atoms with Crippen LogP contribution in [0.15, 0.2) is 47.4 Å². The first-order valence-electron chi connectivity index (χ1n) is 10.3. The molecular formula is C24H23NO5S2. The van der Waals surface area contributed by atoms with Gasteiger partial charge in [-0.25, -0.2) is 4.79 Å². The minimum atomic E-state index is -0.454. The third-order valence-corrected chi connectivity index (χ3v) is 6.71. The van der Waals surface area contributed by atoms with Crippen LogP contribution in [0.1, 0.15) is 34.3 Å². The monoisotopic (exact) mass is 469 g/mol. The zero-order valence-corrected chi connectivity index (χ0v) is 19.5. The van der Waals surface area contributed by atoms with Crippen LogP contribution in [0.5, 0.6) is 11.5 Å². The molecule has 2 aliphatic heterocycles. The average molecular weight is 470 g/mol. The van der Waals surface area contributed by atoms with Gasteiger partial charge in [0.05, 0.1) is 30.2 Å². The molecule has 2 saturated heterocycles. The van der Waals surface area contributed by atoms with E-state index in [1.807, 2.05) is 19.1 Å². The van der Waals surface area contributed by atoms with Gasteiger partial charge in [0.15, 0.2) is 11.5 Å². The number of hydrogen-bond donors (Lipinski definition) is 0. The smallest absolute Gasteiger partial charge is 0.343 e. The second kappa shape index (κ2) is 9.85. The molecule has 0 aromatic heterocycles. The van der Waals surface area contributed by atoms with Gasteiger partial charge in [-0.1, -0.05) is 48.2 Å². The first-order chi connectivity index (χ1) is 15.5. The van der Waals surface area contributed by atoms with E-state index in [0.717, 1.165) is 30.6 Å². The summed E-state index contributed by atoms with van der Waals surface area (Å²) in [6, 6.07) is 12.4. The van der Waals surface area contributed by atoms with E-state index >= 15 is 0 Å². The van der Waals surface area contributed by atoms with Crippen molar-refractivity contribution in [3.63, 3.8) is 0 Å². The minimum absolute atomic E-state index is 0.0409. The molecule has 166 valence electrons. The Kier molecular flexibility index (Phi) is 6.93. The van der Waals surface area contributed by atoms with Crippen LogP contribution in [0.3, 0.4) is 0 Å². The molecule has 0 saturated carbocycles. The van der Waals surface area contributed by atoms with E-state index in [2.05, 4.69) is 0 Å². The third kappa shape index (κ3) is 4.87. The highest BCUT2D eigenvalue weighted by Gasteiger charge is 2.34. The molecule has 0 radical (unpaired) electrons. The normalized spacial score (nSPS) is 19.6. The van der Waals surface area contributed by atoms with Crippen molar-refractivity contribution in [2.75, 3.05) is 20.3 Å².